The molecule has 1 saturated heterocycles. The van der Waals surface area contributed by atoms with Crippen LogP contribution in [0.3, 0.4) is 0 Å². The number of amides is 3. The van der Waals surface area contributed by atoms with Gasteiger partial charge in [-0.3, -0.25) is 14.4 Å². The highest BCUT2D eigenvalue weighted by atomic mass is 32.2. The molecule has 2 N–H and O–H groups in total. The molecule has 5 rings (SSSR count). The van der Waals surface area contributed by atoms with E-state index in [1.54, 1.807) is 29.5 Å². The summed E-state index contributed by atoms with van der Waals surface area (Å²) >= 11 is 3.13. The molecule has 0 radical (unpaired) electrons. The molecule has 3 amide bonds. The summed E-state index contributed by atoms with van der Waals surface area (Å²) in [6, 6.07) is 12.9. The second-order valence-corrected chi connectivity index (χ2v) is 10.8. The molecule has 0 atom stereocenters. The number of rotatable bonds is 5. The largest absolute Gasteiger partial charge is 0.347 e. The van der Waals surface area contributed by atoms with Gasteiger partial charge in [-0.05, 0) is 43.2 Å². The van der Waals surface area contributed by atoms with Gasteiger partial charge in [-0.2, -0.15) is 0 Å². The number of carbonyl (C=O) groups is 3. The van der Waals surface area contributed by atoms with Crippen molar-refractivity contribution in [1.29, 1.82) is 0 Å². The Kier molecular flexibility index (Phi) is 6.88. The van der Waals surface area contributed by atoms with Crippen molar-refractivity contribution in [2.24, 2.45) is 0 Å². The number of nitrogens with one attached hydrogen (secondary N) is 2. The van der Waals surface area contributed by atoms with E-state index >= 15 is 0 Å². The zero-order chi connectivity index (χ0) is 24.4. The molecule has 35 heavy (non-hydrogen) atoms. The van der Waals surface area contributed by atoms with Gasteiger partial charge in [0.1, 0.15) is 0 Å². The molecule has 1 aromatic heterocycles. The lowest BCUT2D eigenvalue weighted by Gasteiger charge is -2.30. The number of likely N-dealkylation sites (tertiary alicyclic amines) is 1. The van der Waals surface area contributed by atoms with Gasteiger partial charge in [-0.25, -0.2) is 4.98 Å². The number of benzene rings is 2. The second kappa shape index (κ2) is 10.2. The van der Waals surface area contributed by atoms with Gasteiger partial charge in [0.05, 0.1) is 22.8 Å². The zero-order valence-electron chi connectivity index (χ0n) is 19.4. The normalized spacial score (nSPS) is 15.6. The van der Waals surface area contributed by atoms with Crippen molar-refractivity contribution in [2.45, 2.75) is 48.4 Å². The number of hydrogen-bond acceptors (Lipinski definition) is 6. The van der Waals surface area contributed by atoms with Crippen molar-refractivity contribution >= 4 is 46.5 Å². The summed E-state index contributed by atoms with van der Waals surface area (Å²) in [7, 11) is 0. The summed E-state index contributed by atoms with van der Waals surface area (Å²) in [6.45, 7) is 3.85. The van der Waals surface area contributed by atoms with Gasteiger partial charge in [-0.15, -0.1) is 11.3 Å². The molecule has 0 bridgehead atoms. The third-order valence-corrected chi connectivity index (χ3v) is 8.65. The van der Waals surface area contributed by atoms with Crippen LogP contribution in [-0.2, 0) is 11.3 Å². The summed E-state index contributed by atoms with van der Waals surface area (Å²) in [5.74, 6) is 0.202. The molecule has 0 spiro atoms. The van der Waals surface area contributed by atoms with Crippen molar-refractivity contribution in [2.75, 3.05) is 18.4 Å². The van der Waals surface area contributed by atoms with Crippen LogP contribution < -0.4 is 10.6 Å². The summed E-state index contributed by atoms with van der Waals surface area (Å²) < 4.78 is 0. The minimum atomic E-state index is -0.199. The standard InChI is InChI=1S/C26H26N4O3S2/c1-2-23(31)30-11-9-16(10-12-30)26-28-15-18(34-26)14-27-24(32)17-7-8-22-20(13-17)29-25(33)19-5-3-4-6-21(19)35-22/h3-8,13,15-16H,2,9-12,14H2,1H3,(H,27,32)(H,29,33). The minimum Gasteiger partial charge on any atom is -0.347 e. The monoisotopic (exact) mass is 506 g/mol. The SMILES string of the molecule is CCC(=O)N1CCC(c2ncc(CNC(=O)c3ccc4c(c3)NC(=O)c3ccccc3S4)s2)CC1. The van der Waals surface area contributed by atoms with Gasteiger partial charge in [0.2, 0.25) is 5.91 Å². The lowest BCUT2D eigenvalue weighted by molar-refractivity contribution is -0.131. The topological polar surface area (TPSA) is 91.4 Å². The third kappa shape index (κ3) is 5.11. The number of thiazole rings is 1. The molecule has 0 unspecified atom stereocenters. The van der Waals surface area contributed by atoms with E-state index in [-0.39, 0.29) is 17.7 Å². The Morgan fingerprint density at radius 2 is 1.94 bits per heavy atom. The lowest BCUT2D eigenvalue weighted by atomic mass is 9.97. The summed E-state index contributed by atoms with van der Waals surface area (Å²) in [5.41, 5.74) is 1.76. The molecule has 7 nitrogen and oxygen atoms in total. The van der Waals surface area contributed by atoms with Crippen LogP contribution in [0, 0.1) is 0 Å². The van der Waals surface area contributed by atoms with E-state index in [1.807, 2.05) is 42.3 Å². The third-order valence-electron chi connectivity index (χ3n) is 6.34. The first kappa shape index (κ1) is 23.6. The Bertz CT molecular complexity index is 1280. The molecule has 2 aromatic carbocycles. The van der Waals surface area contributed by atoms with Crippen molar-refractivity contribution < 1.29 is 14.4 Å². The van der Waals surface area contributed by atoms with Crippen LogP contribution in [0.15, 0.2) is 58.5 Å². The maximum atomic E-state index is 12.8. The number of aromatic nitrogens is 1. The van der Waals surface area contributed by atoms with Crippen LogP contribution in [0.4, 0.5) is 5.69 Å². The van der Waals surface area contributed by atoms with Crippen LogP contribution >= 0.6 is 23.1 Å². The Morgan fingerprint density at radius 3 is 2.74 bits per heavy atom. The average molecular weight is 507 g/mol. The molecule has 2 aliphatic heterocycles. The molecule has 2 aliphatic rings. The van der Waals surface area contributed by atoms with Crippen LogP contribution in [0.2, 0.25) is 0 Å². The molecular formula is C26H26N4O3S2. The molecule has 3 aromatic rings. The Morgan fingerprint density at radius 1 is 1.14 bits per heavy atom. The maximum Gasteiger partial charge on any atom is 0.256 e. The van der Waals surface area contributed by atoms with Gasteiger partial charge in [-0.1, -0.05) is 30.8 Å². The van der Waals surface area contributed by atoms with E-state index in [1.165, 1.54) is 11.8 Å². The lowest BCUT2D eigenvalue weighted by Crippen LogP contribution is -2.37. The molecule has 0 aliphatic carbocycles. The van der Waals surface area contributed by atoms with E-state index in [4.69, 9.17) is 0 Å². The maximum absolute atomic E-state index is 12.8. The number of hydrogen-bond donors (Lipinski definition) is 2. The van der Waals surface area contributed by atoms with Gasteiger partial charge >= 0.3 is 0 Å². The van der Waals surface area contributed by atoms with Gasteiger partial charge < -0.3 is 15.5 Å². The van der Waals surface area contributed by atoms with E-state index in [2.05, 4.69) is 15.6 Å². The quantitative estimate of drug-likeness (QED) is 0.513. The highest BCUT2D eigenvalue weighted by Crippen LogP contribution is 2.39. The van der Waals surface area contributed by atoms with E-state index < -0.39 is 0 Å². The fraction of sp³-hybridized carbons (Fsp3) is 0.308. The first-order valence-corrected chi connectivity index (χ1v) is 13.4. The number of carbonyl (C=O) groups excluding carboxylic acids is 3. The highest BCUT2D eigenvalue weighted by Gasteiger charge is 2.25. The Balaban J connectivity index is 1.20. The first-order valence-electron chi connectivity index (χ1n) is 11.7. The van der Waals surface area contributed by atoms with Crippen LogP contribution in [0.1, 0.15) is 62.7 Å². The Labute approximate surface area is 212 Å². The van der Waals surface area contributed by atoms with Crippen LogP contribution in [0.5, 0.6) is 0 Å². The van der Waals surface area contributed by atoms with Gasteiger partial charge in [0, 0.05) is 51.9 Å². The van der Waals surface area contributed by atoms with Crippen molar-refractivity contribution in [3.63, 3.8) is 0 Å². The molecule has 9 heteroatoms. The van der Waals surface area contributed by atoms with Crippen LogP contribution in [0.25, 0.3) is 0 Å². The molecule has 1 fully saturated rings. The van der Waals surface area contributed by atoms with E-state index in [0.717, 1.165) is 45.6 Å². The summed E-state index contributed by atoms with van der Waals surface area (Å²) in [5, 5.41) is 6.97. The summed E-state index contributed by atoms with van der Waals surface area (Å²) in [6.07, 6.45) is 4.23. The molecule has 3 heterocycles. The van der Waals surface area contributed by atoms with Crippen molar-refractivity contribution in [3.8, 4) is 0 Å². The predicted octanol–water partition coefficient (Wildman–Crippen LogP) is 4.91. The van der Waals surface area contributed by atoms with E-state index in [0.29, 0.717) is 35.7 Å². The van der Waals surface area contributed by atoms with Gasteiger partial charge in [0.15, 0.2) is 0 Å². The van der Waals surface area contributed by atoms with Crippen LogP contribution in [-0.4, -0.2) is 40.7 Å². The number of fused-ring (bicyclic) bond motifs is 2. The number of nitrogens with zero attached hydrogens (tertiary/aromatic N) is 2. The summed E-state index contributed by atoms with van der Waals surface area (Å²) in [4.78, 5) is 46.7. The number of anilines is 1. The molecule has 180 valence electrons. The zero-order valence-corrected chi connectivity index (χ0v) is 21.0. The average Bonchev–Trinajstić information content (AvgIpc) is 3.31. The van der Waals surface area contributed by atoms with Crippen molar-refractivity contribution in [3.05, 3.63) is 69.7 Å². The number of piperidine rings is 1. The van der Waals surface area contributed by atoms with Gasteiger partial charge in [0.25, 0.3) is 11.8 Å². The molecular weight excluding hydrogens is 480 g/mol. The Hall–Kier alpha value is -3.17. The fourth-order valence-electron chi connectivity index (χ4n) is 4.37. The minimum absolute atomic E-state index is 0.175. The predicted molar refractivity (Wildman–Crippen MR) is 137 cm³/mol. The highest BCUT2D eigenvalue weighted by molar-refractivity contribution is 7.99. The second-order valence-electron chi connectivity index (χ2n) is 8.62. The fourth-order valence-corrected chi connectivity index (χ4v) is 6.41. The van der Waals surface area contributed by atoms with Crippen molar-refractivity contribution in [1.82, 2.24) is 15.2 Å². The van der Waals surface area contributed by atoms with E-state index in [9.17, 15) is 14.4 Å². The molecule has 0 saturated carbocycles. The smallest absolute Gasteiger partial charge is 0.256 e. The first-order chi connectivity index (χ1) is 17.0.